The quantitative estimate of drug-likeness (QED) is 0.648. The molecule has 2 aromatic rings. The number of Topliss-reactive ketones (excluding diaryl/α,β-unsaturated/α-hetero) is 1. The lowest BCUT2D eigenvalue weighted by molar-refractivity contribution is 0.0990. The predicted molar refractivity (Wildman–Crippen MR) is 92.3 cm³/mol. The van der Waals surface area contributed by atoms with Gasteiger partial charge in [0.05, 0.1) is 17.2 Å². The van der Waals surface area contributed by atoms with Crippen LogP contribution in [0.25, 0.3) is 11.0 Å². The Morgan fingerprint density at radius 2 is 2.00 bits per heavy atom. The van der Waals surface area contributed by atoms with Gasteiger partial charge < -0.3 is 15.1 Å². The van der Waals surface area contributed by atoms with Gasteiger partial charge >= 0.3 is 0 Å². The summed E-state index contributed by atoms with van der Waals surface area (Å²) in [5.41, 5.74) is 1.58. The van der Waals surface area contributed by atoms with Crippen LogP contribution in [0.4, 0.5) is 5.69 Å². The first-order valence-corrected chi connectivity index (χ1v) is 9.08. The third-order valence-corrected chi connectivity index (χ3v) is 5.02. The van der Waals surface area contributed by atoms with E-state index in [1.807, 2.05) is 18.2 Å². The van der Waals surface area contributed by atoms with Crippen molar-refractivity contribution >= 4 is 49.6 Å². The molecule has 0 atom stereocenters. The Morgan fingerprint density at radius 1 is 1.26 bits per heavy atom. The molecule has 0 bridgehead atoms. The minimum absolute atomic E-state index is 0.00524. The summed E-state index contributed by atoms with van der Waals surface area (Å²) in [7, 11) is -3.07. The fraction of sp³-hybridized carbons (Fsp3) is 0.200. The summed E-state index contributed by atoms with van der Waals surface area (Å²) in [6, 6.07) is 7.21. The van der Waals surface area contributed by atoms with Crippen molar-refractivity contribution in [1.29, 1.82) is 0 Å². The molecule has 0 fully saturated rings. The van der Waals surface area contributed by atoms with E-state index in [9.17, 15) is 13.2 Å². The highest BCUT2D eigenvalue weighted by atomic mass is 32.2. The SMILES string of the molecule is CC(=O)c1oc2ccccc2c1NC(=S)NC1=CCS(=O)(=O)C1. The number of sulfone groups is 1. The number of carbonyl (C=O) groups excluding carboxylic acids is 1. The Hall–Kier alpha value is -2.19. The second-order valence-electron chi connectivity index (χ2n) is 5.22. The van der Waals surface area contributed by atoms with E-state index in [0.29, 0.717) is 17.0 Å². The number of hydrogen-bond acceptors (Lipinski definition) is 5. The molecule has 0 radical (unpaired) electrons. The van der Waals surface area contributed by atoms with E-state index in [0.717, 1.165) is 5.39 Å². The van der Waals surface area contributed by atoms with Gasteiger partial charge in [0.1, 0.15) is 5.58 Å². The summed E-state index contributed by atoms with van der Waals surface area (Å²) in [5.74, 6) is -0.108. The maximum absolute atomic E-state index is 11.8. The zero-order valence-corrected chi connectivity index (χ0v) is 13.9. The van der Waals surface area contributed by atoms with Crippen LogP contribution in [0.2, 0.25) is 0 Å². The summed E-state index contributed by atoms with van der Waals surface area (Å²) >= 11 is 5.21. The van der Waals surface area contributed by atoms with Gasteiger partial charge in [-0.25, -0.2) is 8.42 Å². The topological polar surface area (TPSA) is 88.4 Å². The maximum Gasteiger partial charge on any atom is 0.197 e. The molecule has 23 heavy (non-hydrogen) atoms. The number of anilines is 1. The van der Waals surface area contributed by atoms with Crippen molar-refractivity contribution in [2.75, 3.05) is 16.8 Å². The van der Waals surface area contributed by atoms with Crippen LogP contribution in [-0.2, 0) is 9.84 Å². The highest BCUT2D eigenvalue weighted by molar-refractivity contribution is 7.92. The predicted octanol–water partition coefficient (Wildman–Crippen LogP) is 2.23. The minimum atomic E-state index is -3.07. The van der Waals surface area contributed by atoms with Crippen molar-refractivity contribution in [2.24, 2.45) is 0 Å². The molecule has 1 aliphatic heterocycles. The summed E-state index contributed by atoms with van der Waals surface area (Å²) in [4.78, 5) is 11.8. The Bertz CT molecular complexity index is 942. The smallest absolute Gasteiger partial charge is 0.197 e. The van der Waals surface area contributed by atoms with Gasteiger partial charge in [-0.3, -0.25) is 4.79 Å². The van der Waals surface area contributed by atoms with Gasteiger partial charge in [-0.05, 0) is 30.4 Å². The fourth-order valence-corrected chi connectivity index (χ4v) is 3.85. The molecule has 0 spiro atoms. The lowest BCUT2D eigenvalue weighted by atomic mass is 10.2. The van der Waals surface area contributed by atoms with Crippen LogP contribution in [0, 0.1) is 0 Å². The number of fused-ring (bicyclic) bond motifs is 1. The molecular weight excluding hydrogens is 336 g/mol. The molecule has 0 aliphatic carbocycles. The highest BCUT2D eigenvalue weighted by Gasteiger charge is 2.22. The third-order valence-electron chi connectivity index (χ3n) is 3.39. The first-order chi connectivity index (χ1) is 10.9. The molecule has 2 heterocycles. The average Bonchev–Trinajstić information content (AvgIpc) is 3.00. The van der Waals surface area contributed by atoms with Crippen LogP contribution >= 0.6 is 12.2 Å². The van der Waals surface area contributed by atoms with Crippen molar-refractivity contribution in [3.63, 3.8) is 0 Å². The molecule has 1 aromatic carbocycles. The monoisotopic (exact) mass is 350 g/mol. The average molecular weight is 350 g/mol. The number of furan rings is 1. The fourth-order valence-electron chi connectivity index (χ4n) is 2.38. The minimum Gasteiger partial charge on any atom is -0.451 e. The van der Waals surface area contributed by atoms with Crippen molar-refractivity contribution in [3.05, 3.63) is 41.8 Å². The lowest BCUT2D eigenvalue weighted by Crippen LogP contribution is -2.29. The van der Waals surface area contributed by atoms with E-state index in [1.54, 1.807) is 12.1 Å². The maximum atomic E-state index is 11.8. The standard InChI is InChI=1S/C15H14N2O4S2/c1-9(18)14-13(11-4-2-3-5-12(11)21-14)17-15(22)16-10-6-7-23(19,20)8-10/h2-6H,7-8H2,1H3,(H2,16,17,22). The molecular formula is C15H14N2O4S2. The molecule has 0 saturated carbocycles. The van der Waals surface area contributed by atoms with Crippen molar-refractivity contribution < 1.29 is 17.6 Å². The number of carbonyl (C=O) groups is 1. The second kappa shape index (κ2) is 5.78. The molecule has 0 saturated heterocycles. The van der Waals surface area contributed by atoms with E-state index >= 15 is 0 Å². The lowest BCUT2D eigenvalue weighted by Gasteiger charge is -2.10. The Labute approximate surface area is 138 Å². The number of ketones is 1. The van der Waals surface area contributed by atoms with E-state index in [1.165, 1.54) is 6.92 Å². The Morgan fingerprint density at radius 3 is 2.65 bits per heavy atom. The van der Waals surface area contributed by atoms with Crippen LogP contribution in [-0.4, -0.2) is 30.8 Å². The van der Waals surface area contributed by atoms with Crippen molar-refractivity contribution in [2.45, 2.75) is 6.92 Å². The summed E-state index contributed by atoms with van der Waals surface area (Å²) in [5, 5.41) is 6.73. The number of benzene rings is 1. The van der Waals surface area contributed by atoms with Crippen LogP contribution in [0.15, 0.2) is 40.5 Å². The first kappa shape index (κ1) is 15.7. The zero-order chi connectivity index (χ0) is 16.6. The molecule has 8 heteroatoms. The van der Waals surface area contributed by atoms with Gasteiger partial charge in [-0.15, -0.1) is 0 Å². The van der Waals surface area contributed by atoms with Crippen LogP contribution in [0.3, 0.4) is 0 Å². The van der Waals surface area contributed by atoms with Crippen LogP contribution in [0.1, 0.15) is 17.5 Å². The Balaban J connectivity index is 1.85. The summed E-state index contributed by atoms with van der Waals surface area (Å²) in [6.07, 6.45) is 1.59. The van der Waals surface area contributed by atoms with Gasteiger partial charge in [0.15, 0.2) is 26.5 Å². The molecule has 1 aromatic heterocycles. The van der Waals surface area contributed by atoms with Gasteiger partial charge in [0, 0.05) is 18.0 Å². The van der Waals surface area contributed by atoms with E-state index in [4.69, 9.17) is 16.6 Å². The van der Waals surface area contributed by atoms with Crippen LogP contribution < -0.4 is 10.6 Å². The number of para-hydroxylation sites is 1. The van der Waals surface area contributed by atoms with Crippen molar-refractivity contribution in [3.8, 4) is 0 Å². The van der Waals surface area contributed by atoms with Crippen molar-refractivity contribution in [1.82, 2.24) is 5.32 Å². The third kappa shape index (κ3) is 3.27. The zero-order valence-electron chi connectivity index (χ0n) is 12.3. The van der Waals surface area contributed by atoms with Gasteiger partial charge in [0.25, 0.3) is 0 Å². The van der Waals surface area contributed by atoms with Gasteiger partial charge in [-0.1, -0.05) is 12.1 Å². The van der Waals surface area contributed by atoms with E-state index in [2.05, 4.69) is 10.6 Å². The largest absolute Gasteiger partial charge is 0.451 e. The number of hydrogen-bond donors (Lipinski definition) is 2. The Kier molecular flexibility index (Phi) is 3.95. The molecule has 6 nitrogen and oxygen atoms in total. The number of thiocarbonyl (C=S) groups is 1. The normalized spacial score (nSPS) is 16.1. The molecule has 3 rings (SSSR count). The molecule has 0 unspecified atom stereocenters. The number of nitrogens with one attached hydrogen (secondary N) is 2. The van der Waals surface area contributed by atoms with Gasteiger partial charge in [0.2, 0.25) is 0 Å². The van der Waals surface area contributed by atoms with E-state index in [-0.39, 0.29) is 28.2 Å². The molecule has 0 amide bonds. The van der Waals surface area contributed by atoms with Gasteiger partial charge in [-0.2, -0.15) is 0 Å². The summed E-state index contributed by atoms with van der Waals surface area (Å²) in [6.45, 7) is 1.41. The molecule has 120 valence electrons. The molecule has 2 N–H and O–H groups in total. The van der Waals surface area contributed by atoms with E-state index < -0.39 is 9.84 Å². The highest BCUT2D eigenvalue weighted by Crippen LogP contribution is 2.31. The number of rotatable bonds is 3. The first-order valence-electron chi connectivity index (χ1n) is 6.86. The summed E-state index contributed by atoms with van der Waals surface area (Å²) < 4.78 is 28.4. The van der Waals surface area contributed by atoms with Crippen LogP contribution in [0.5, 0.6) is 0 Å². The second-order valence-corrected chi connectivity index (χ2v) is 7.74. The molecule has 1 aliphatic rings.